The fourth-order valence-corrected chi connectivity index (χ4v) is 2.10. The summed E-state index contributed by atoms with van der Waals surface area (Å²) in [6.45, 7) is 1.96. The zero-order valence-corrected chi connectivity index (χ0v) is 11.5. The summed E-state index contributed by atoms with van der Waals surface area (Å²) in [4.78, 5) is 0. The molecule has 0 aliphatic carbocycles. The molecular formula is C15H13ClF3N. The van der Waals surface area contributed by atoms with Crippen LogP contribution in [0.15, 0.2) is 42.5 Å². The van der Waals surface area contributed by atoms with Crippen molar-refractivity contribution in [1.82, 2.24) is 0 Å². The van der Waals surface area contributed by atoms with Gasteiger partial charge in [0.2, 0.25) is 0 Å². The average Bonchev–Trinajstić information content (AvgIpc) is 2.39. The zero-order valence-electron chi connectivity index (χ0n) is 10.8. The molecule has 0 fully saturated rings. The van der Waals surface area contributed by atoms with E-state index in [0.717, 1.165) is 17.3 Å². The highest BCUT2D eigenvalue weighted by Crippen LogP contribution is 2.32. The number of halogens is 4. The largest absolute Gasteiger partial charge is 0.416 e. The van der Waals surface area contributed by atoms with E-state index in [1.165, 1.54) is 12.1 Å². The Morgan fingerprint density at radius 1 is 1.10 bits per heavy atom. The zero-order chi connectivity index (χ0) is 14.8. The van der Waals surface area contributed by atoms with Gasteiger partial charge in [0.1, 0.15) is 0 Å². The van der Waals surface area contributed by atoms with Crippen molar-refractivity contribution in [3.63, 3.8) is 0 Å². The number of nitrogens with one attached hydrogen (secondary N) is 1. The van der Waals surface area contributed by atoms with Gasteiger partial charge in [0.25, 0.3) is 0 Å². The number of anilines is 1. The van der Waals surface area contributed by atoms with Crippen LogP contribution in [0.1, 0.15) is 16.7 Å². The van der Waals surface area contributed by atoms with Gasteiger partial charge in [0.15, 0.2) is 0 Å². The van der Waals surface area contributed by atoms with Crippen LogP contribution in [0.25, 0.3) is 0 Å². The van der Waals surface area contributed by atoms with E-state index < -0.39 is 11.7 Å². The summed E-state index contributed by atoms with van der Waals surface area (Å²) in [5, 5.41) is 3.54. The number of aryl methyl sites for hydroxylation is 1. The Morgan fingerprint density at radius 2 is 1.80 bits per heavy atom. The second kappa shape index (κ2) is 5.75. The monoisotopic (exact) mass is 299 g/mol. The summed E-state index contributed by atoms with van der Waals surface area (Å²) in [6.07, 6.45) is -4.35. The number of alkyl halides is 3. The van der Waals surface area contributed by atoms with E-state index in [2.05, 4.69) is 5.32 Å². The van der Waals surface area contributed by atoms with Gasteiger partial charge in [-0.2, -0.15) is 13.2 Å². The van der Waals surface area contributed by atoms with Crippen LogP contribution in [0.2, 0.25) is 5.02 Å². The number of rotatable bonds is 3. The minimum atomic E-state index is -4.35. The maximum Gasteiger partial charge on any atom is 0.416 e. The van der Waals surface area contributed by atoms with Gasteiger partial charge in [0, 0.05) is 17.3 Å². The Balaban J connectivity index is 2.21. The predicted octanol–water partition coefficient (Wildman–Crippen LogP) is 5.28. The molecule has 20 heavy (non-hydrogen) atoms. The molecule has 5 heteroatoms. The molecule has 2 aromatic carbocycles. The molecule has 1 N–H and O–H groups in total. The summed E-state index contributed by atoms with van der Waals surface area (Å²) in [5.74, 6) is 0. The molecule has 106 valence electrons. The van der Waals surface area contributed by atoms with Crippen LogP contribution in [-0.4, -0.2) is 0 Å². The summed E-state index contributed by atoms with van der Waals surface area (Å²) in [6, 6.07) is 10.8. The highest BCUT2D eigenvalue weighted by molar-refractivity contribution is 6.30. The topological polar surface area (TPSA) is 12.0 Å². The molecule has 0 radical (unpaired) electrons. The fourth-order valence-electron chi connectivity index (χ4n) is 1.93. The number of hydrogen-bond acceptors (Lipinski definition) is 1. The normalized spacial score (nSPS) is 11.4. The van der Waals surface area contributed by atoms with Crippen molar-refractivity contribution >= 4 is 17.3 Å². The Bertz CT molecular complexity index is 608. The van der Waals surface area contributed by atoms with Gasteiger partial charge in [-0.1, -0.05) is 35.9 Å². The van der Waals surface area contributed by atoms with Gasteiger partial charge >= 0.3 is 6.18 Å². The van der Waals surface area contributed by atoms with Gasteiger partial charge in [-0.3, -0.25) is 0 Å². The Labute approximate surface area is 120 Å². The van der Waals surface area contributed by atoms with E-state index >= 15 is 0 Å². The van der Waals surface area contributed by atoms with Gasteiger partial charge in [0.05, 0.1) is 5.56 Å². The van der Waals surface area contributed by atoms with E-state index in [-0.39, 0.29) is 12.1 Å². The van der Waals surface area contributed by atoms with Gasteiger partial charge < -0.3 is 5.32 Å². The first-order chi connectivity index (χ1) is 9.38. The summed E-state index contributed by atoms with van der Waals surface area (Å²) in [5.41, 5.74) is 1.25. The van der Waals surface area contributed by atoms with E-state index in [1.54, 1.807) is 18.2 Å². The lowest BCUT2D eigenvalue weighted by atomic mass is 10.1. The van der Waals surface area contributed by atoms with Gasteiger partial charge in [-0.05, 0) is 36.2 Å². The quantitative estimate of drug-likeness (QED) is 0.813. The van der Waals surface area contributed by atoms with Crippen LogP contribution in [0.4, 0.5) is 18.9 Å². The van der Waals surface area contributed by atoms with Crippen LogP contribution < -0.4 is 5.32 Å². The van der Waals surface area contributed by atoms with Crippen LogP contribution in [0.5, 0.6) is 0 Å². The lowest BCUT2D eigenvalue weighted by molar-refractivity contribution is -0.138. The molecule has 0 atom stereocenters. The second-order valence-corrected chi connectivity index (χ2v) is 4.90. The van der Waals surface area contributed by atoms with Gasteiger partial charge in [-0.15, -0.1) is 0 Å². The maximum absolute atomic E-state index is 12.9. The van der Waals surface area contributed by atoms with Crippen LogP contribution >= 0.6 is 11.6 Å². The van der Waals surface area contributed by atoms with Crippen LogP contribution in [-0.2, 0) is 12.7 Å². The molecule has 0 saturated carbocycles. The lowest BCUT2D eigenvalue weighted by Gasteiger charge is -2.15. The highest BCUT2D eigenvalue weighted by Gasteiger charge is 2.32. The summed E-state index contributed by atoms with van der Waals surface area (Å²) in [7, 11) is 0. The molecule has 2 rings (SSSR count). The third-order valence-corrected chi connectivity index (χ3v) is 3.23. The third-order valence-electron chi connectivity index (χ3n) is 2.99. The van der Waals surface area contributed by atoms with Crippen molar-refractivity contribution in [2.45, 2.75) is 19.6 Å². The predicted molar refractivity (Wildman–Crippen MR) is 75.0 cm³/mol. The minimum Gasteiger partial charge on any atom is -0.381 e. The first kappa shape index (κ1) is 14.7. The molecular weight excluding hydrogens is 287 g/mol. The highest BCUT2D eigenvalue weighted by atomic mass is 35.5. The minimum absolute atomic E-state index is 0.0941. The number of hydrogen-bond donors (Lipinski definition) is 1. The molecule has 2 aromatic rings. The van der Waals surface area contributed by atoms with Crippen molar-refractivity contribution in [3.05, 3.63) is 64.2 Å². The maximum atomic E-state index is 12.9. The Hall–Kier alpha value is -1.68. The molecule has 1 nitrogen and oxygen atoms in total. The molecule has 0 spiro atoms. The molecule has 0 aliphatic heterocycles. The molecule has 0 amide bonds. The summed E-state index contributed by atoms with van der Waals surface area (Å²) < 4.78 is 38.6. The number of benzene rings is 2. The van der Waals surface area contributed by atoms with Crippen molar-refractivity contribution < 1.29 is 13.2 Å². The third kappa shape index (κ3) is 3.45. The smallest absolute Gasteiger partial charge is 0.381 e. The van der Waals surface area contributed by atoms with Crippen molar-refractivity contribution in [1.29, 1.82) is 0 Å². The van der Waals surface area contributed by atoms with E-state index in [9.17, 15) is 13.2 Å². The Kier molecular flexibility index (Phi) is 4.23. The fraction of sp³-hybridized carbons (Fsp3) is 0.200. The van der Waals surface area contributed by atoms with Crippen LogP contribution in [0, 0.1) is 6.92 Å². The summed E-state index contributed by atoms with van der Waals surface area (Å²) >= 11 is 5.88. The van der Waals surface area contributed by atoms with E-state index in [4.69, 9.17) is 11.6 Å². The molecule has 0 heterocycles. The van der Waals surface area contributed by atoms with E-state index in [0.29, 0.717) is 5.02 Å². The van der Waals surface area contributed by atoms with E-state index in [1.807, 2.05) is 13.0 Å². The van der Waals surface area contributed by atoms with Crippen molar-refractivity contribution in [2.75, 3.05) is 5.32 Å². The average molecular weight is 300 g/mol. The van der Waals surface area contributed by atoms with Crippen LogP contribution in [0.3, 0.4) is 0 Å². The Morgan fingerprint density at radius 3 is 2.50 bits per heavy atom. The first-order valence-corrected chi connectivity index (χ1v) is 6.41. The SMILES string of the molecule is Cc1ccc(Cl)cc1NCc1ccccc1C(F)(F)F. The first-order valence-electron chi connectivity index (χ1n) is 6.03. The van der Waals surface area contributed by atoms with Gasteiger partial charge in [-0.25, -0.2) is 0 Å². The second-order valence-electron chi connectivity index (χ2n) is 4.47. The van der Waals surface area contributed by atoms with Crippen molar-refractivity contribution in [3.8, 4) is 0 Å². The standard InChI is InChI=1S/C15H13ClF3N/c1-10-6-7-12(16)8-14(10)20-9-11-4-2-3-5-13(11)15(17,18)19/h2-8,20H,9H2,1H3. The molecule has 0 saturated heterocycles. The lowest BCUT2D eigenvalue weighted by Crippen LogP contribution is -2.12. The molecule has 0 unspecified atom stereocenters. The molecule has 0 bridgehead atoms. The molecule has 0 aliphatic rings. The molecule has 0 aromatic heterocycles. The van der Waals surface area contributed by atoms with Crippen molar-refractivity contribution in [2.24, 2.45) is 0 Å².